The van der Waals surface area contributed by atoms with Crippen molar-refractivity contribution < 1.29 is 29.4 Å². The van der Waals surface area contributed by atoms with E-state index in [0.717, 1.165) is 5.56 Å². The Kier molecular flexibility index (Phi) is 9.13. The Morgan fingerprint density at radius 2 is 1.71 bits per heavy atom. The van der Waals surface area contributed by atoms with Gasteiger partial charge in [0.05, 0.1) is 11.8 Å². The number of hydrogen-bond donors (Lipinski definition) is 5. The van der Waals surface area contributed by atoms with E-state index in [4.69, 9.17) is 14.7 Å². The summed E-state index contributed by atoms with van der Waals surface area (Å²) in [6.45, 7) is 5.09. The lowest BCUT2D eigenvalue weighted by molar-refractivity contribution is -0.128. The van der Waals surface area contributed by atoms with Gasteiger partial charge in [-0.15, -0.1) is 0 Å². The summed E-state index contributed by atoms with van der Waals surface area (Å²) in [6.07, 6.45) is -1.94. The molecule has 10 heteroatoms. The van der Waals surface area contributed by atoms with E-state index < -0.39 is 37.5 Å². The second-order valence-corrected chi connectivity index (χ2v) is 7.55. The summed E-state index contributed by atoms with van der Waals surface area (Å²) >= 11 is 0. The maximum Gasteiger partial charge on any atom is 0.635 e. The molecule has 0 aliphatic heterocycles. The van der Waals surface area contributed by atoms with Crippen molar-refractivity contribution in [3.63, 3.8) is 0 Å². The molecule has 2 aromatic rings. The van der Waals surface area contributed by atoms with Crippen LogP contribution < -0.4 is 10.6 Å². The molecule has 3 atom stereocenters. The van der Waals surface area contributed by atoms with Gasteiger partial charge in [-0.25, -0.2) is 4.98 Å². The number of carbonyl (C=O) groups excluding carboxylic acids is 2. The fraction of sp³-hybridized carbons (Fsp3) is 0.381. The first-order valence-corrected chi connectivity index (χ1v) is 10.0. The number of rotatable bonds is 10. The van der Waals surface area contributed by atoms with Crippen molar-refractivity contribution in [1.82, 2.24) is 15.6 Å². The van der Waals surface area contributed by atoms with E-state index in [9.17, 15) is 14.7 Å². The molecular weight excluding hydrogens is 401 g/mol. The largest absolute Gasteiger partial charge is 0.635 e. The first kappa shape index (κ1) is 24.5. The minimum atomic E-state index is -2.08. The molecule has 31 heavy (non-hydrogen) atoms. The fourth-order valence-corrected chi connectivity index (χ4v) is 2.92. The quantitative estimate of drug-likeness (QED) is 0.277. The van der Waals surface area contributed by atoms with Gasteiger partial charge >= 0.3 is 7.32 Å². The van der Waals surface area contributed by atoms with Gasteiger partial charge in [-0.05, 0) is 31.4 Å². The van der Waals surface area contributed by atoms with Gasteiger partial charge in [-0.1, -0.05) is 50.2 Å². The van der Waals surface area contributed by atoms with Gasteiger partial charge in [0.1, 0.15) is 18.0 Å². The van der Waals surface area contributed by atoms with Crippen molar-refractivity contribution in [3.05, 3.63) is 54.2 Å². The molecule has 1 aromatic carbocycles. The summed E-state index contributed by atoms with van der Waals surface area (Å²) < 4.78 is 4.89. The Hall–Kier alpha value is -2.79. The Bertz CT molecular complexity index is 853. The smallest absolute Gasteiger partial charge is 0.402 e. The van der Waals surface area contributed by atoms with Crippen LogP contribution in [0.1, 0.15) is 37.7 Å². The molecular formula is C21H28BN3O6. The second-order valence-electron chi connectivity index (χ2n) is 7.55. The zero-order valence-corrected chi connectivity index (χ0v) is 17.7. The minimum Gasteiger partial charge on any atom is -0.402 e. The highest BCUT2D eigenvalue weighted by atomic mass is 16.6. The van der Waals surface area contributed by atoms with Crippen LogP contribution in [0.4, 0.5) is 0 Å². The number of carbonyl (C=O) groups is 2. The number of aliphatic hydroxyl groups is 1. The molecule has 1 aromatic heterocycles. The summed E-state index contributed by atoms with van der Waals surface area (Å²) in [4.78, 5) is 29.7. The average Bonchev–Trinajstić information content (AvgIpc) is 2.71. The summed E-state index contributed by atoms with van der Waals surface area (Å²) in [5, 5.41) is 33.1. The van der Waals surface area contributed by atoms with Crippen LogP contribution in [0.25, 0.3) is 11.3 Å². The van der Waals surface area contributed by atoms with Crippen molar-refractivity contribution >= 4 is 19.1 Å². The molecule has 9 nitrogen and oxygen atoms in total. The highest BCUT2D eigenvalue weighted by molar-refractivity contribution is 6.32. The van der Waals surface area contributed by atoms with Crippen molar-refractivity contribution in [3.8, 4) is 11.3 Å². The molecule has 0 spiro atoms. The van der Waals surface area contributed by atoms with Gasteiger partial charge in [-0.3, -0.25) is 9.59 Å². The average molecular weight is 429 g/mol. The van der Waals surface area contributed by atoms with Crippen molar-refractivity contribution in [2.75, 3.05) is 0 Å². The van der Waals surface area contributed by atoms with Gasteiger partial charge in [0.25, 0.3) is 5.91 Å². The second kappa shape index (κ2) is 11.6. The van der Waals surface area contributed by atoms with E-state index in [0.29, 0.717) is 12.1 Å². The van der Waals surface area contributed by atoms with Gasteiger partial charge in [-0.2, -0.15) is 0 Å². The third-order valence-corrected chi connectivity index (χ3v) is 4.38. The summed E-state index contributed by atoms with van der Waals surface area (Å²) in [7, 11) is -2.08. The number of nitrogens with zero attached hydrogens (tertiary/aromatic N) is 1. The molecule has 0 bridgehead atoms. The van der Waals surface area contributed by atoms with E-state index in [1.807, 2.05) is 44.2 Å². The minimum absolute atomic E-state index is 0.0774. The van der Waals surface area contributed by atoms with Crippen LogP contribution in [-0.2, 0) is 9.45 Å². The highest BCUT2D eigenvalue weighted by Gasteiger charge is 2.30. The summed E-state index contributed by atoms with van der Waals surface area (Å²) in [6, 6.07) is 13.0. The Labute approximate surface area is 181 Å². The van der Waals surface area contributed by atoms with Crippen LogP contribution in [0, 0.1) is 5.92 Å². The standard InChI is InChI=1S/C21H28BN3O6/c1-13(2)12-18(31-22(29)30)24-21(28)19(14(3)26)25-20(27)17-11-7-10-16(23-17)15-8-5-4-6-9-15/h4-11,13-14,18-19,26,29-30H,12H2,1-3H3,(H,24,28)(H,25,27)/t14-,18-,19+/m1/s1. The predicted octanol–water partition coefficient (Wildman–Crippen LogP) is 0.702. The third-order valence-electron chi connectivity index (χ3n) is 4.38. The maximum absolute atomic E-state index is 12.7. The lowest BCUT2D eigenvalue weighted by atomic mass is 10.1. The van der Waals surface area contributed by atoms with Crippen molar-refractivity contribution in [2.45, 2.75) is 45.6 Å². The highest BCUT2D eigenvalue weighted by Crippen LogP contribution is 2.16. The van der Waals surface area contributed by atoms with E-state index in [2.05, 4.69) is 15.6 Å². The Balaban J connectivity index is 2.13. The van der Waals surface area contributed by atoms with Gasteiger partial charge in [0.15, 0.2) is 0 Å². The van der Waals surface area contributed by atoms with Crippen molar-refractivity contribution in [1.29, 1.82) is 0 Å². The zero-order chi connectivity index (χ0) is 23.0. The summed E-state index contributed by atoms with van der Waals surface area (Å²) in [5.74, 6) is -1.29. The van der Waals surface area contributed by atoms with Crippen molar-refractivity contribution in [2.24, 2.45) is 5.92 Å². The number of aliphatic hydroxyl groups excluding tert-OH is 1. The molecule has 0 saturated heterocycles. The maximum atomic E-state index is 12.7. The molecule has 5 N–H and O–H groups in total. The zero-order valence-electron chi connectivity index (χ0n) is 17.7. The van der Waals surface area contributed by atoms with Crippen LogP contribution in [0.15, 0.2) is 48.5 Å². The number of aromatic nitrogens is 1. The molecule has 0 aliphatic rings. The van der Waals surface area contributed by atoms with Crippen LogP contribution in [0.3, 0.4) is 0 Å². The van der Waals surface area contributed by atoms with Crippen LogP contribution in [0.2, 0.25) is 0 Å². The van der Waals surface area contributed by atoms with Crippen LogP contribution in [-0.4, -0.2) is 57.6 Å². The molecule has 1 heterocycles. The van der Waals surface area contributed by atoms with E-state index >= 15 is 0 Å². The Morgan fingerprint density at radius 1 is 1.03 bits per heavy atom. The third kappa shape index (κ3) is 7.76. The molecule has 0 unspecified atom stereocenters. The van der Waals surface area contributed by atoms with Crippen LogP contribution >= 0.6 is 0 Å². The van der Waals surface area contributed by atoms with Gasteiger partial charge < -0.3 is 30.4 Å². The number of hydrogen-bond acceptors (Lipinski definition) is 7. The van der Waals surface area contributed by atoms with Gasteiger partial charge in [0, 0.05) is 5.56 Å². The number of nitrogens with one attached hydrogen (secondary N) is 2. The molecule has 0 saturated carbocycles. The monoisotopic (exact) mass is 429 g/mol. The van der Waals surface area contributed by atoms with Gasteiger partial charge in [0.2, 0.25) is 5.91 Å². The first-order chi connectivity index (χ1) is 14.7. The van der Waals surface area contributed by atoms with Crippen LogP contribution in [0.5, 0.6) is 0 Å². The lowest BCUT2D eigenvalue weighted by Crippen LogP contribution is -2.55. The first-order valence-electron chi connectivity index (χ1n) is 10.0. The molecule has 0 fully saturated rings. The lowest BCUT2D eigenvalue weighted by Gasteiger charge is -2.26. The number of amides is 2. The molecule has 2 amide bonds. The fourth-order valence-electron chi connectivity index (χ4n) is 2.92. The number of pyridine rings is 1. The summed E-state index contributed by atoms with van der Waals surface area (Å²) in [5.41, 5.74) is 1.51. The topological polar surface area (TPSA) is 141 Å². The molecule has 0 aliphatic carbocycles. The Morgan fingerprint density at radius 3 is 2.29 bits per heavy atom. The SMILES string of the molecule is CC(C)C[C@H](NC(=O)[C@@H](NC(=O)c1cccc(-c2ccccc2)n1)[C@@H](C)O)OB(O)O. The molecule has 2 rings (SSSR count). The van der Waals surface area contributed by atoms with E-state index in [-0.39, 0.29) is 11.6 Å². The molecule has 166 valence electrons. The normalized spacial score (nSPS) is 13.9. The number of benzene rings is 1. The van der Waals surface area contributed by atoms with E-state index in [1.165, 1.54) is 13.0 Å². The predicted molar refractivity (Wildman–Crippen MR) is 115 cm³/mol. The van der Waals surface area contributed by atoms with E-state index in [1.54, 1.807) is 12.1 Å². The molecule has 0 radical (unpaired) electrons.